The summed E-state index contributed by atoms with van der Waals surface area (Å²) in [6.07, 6.45) is 8.18. The zero-order valence-electron chi connectivity index (χ0n) is 34.5. The van der Waals surface area contributed by atoms with Crippen LogP contribution in [-0.4, -0.2) is 86.5 Å². The lowest BCUT2D eigenvalue weighted by atomic mass is 9.72. The van der Waals surface area contributed by atoms with Crippen molar-refractivity contribution in [1.82, 2.24) is 0 Å². The largest absolute Gasteiger partial charge is 0.481 e. The van der Waals surface area contributed by atoms with E-state index in [0.717, 1.165) is 19.3 Å². The van der Waals surface area contributed by atoms with E-state index in [1.807, 2.05) is 54.5 Å². The smallest absolute Gasteiger partial charge is 0.309 e. The van der Waals surface area contributed by atoms with E-state index >= 15 is 0 Å². The van der Waals surface area contributed by atoms with Gasteiger partial charge in [-0.2, -0.15) is 0 Å². The van der Waals surface area contributed by atoms with Crippen LogP contribution in [0, 0.1) is 47.3 Å². The summed E-state index contributed by atoms with van der Waals surface area (Å²) in [7, 11) is 0. The molecular formula is C43H72O10. The van der Waals surface area contributed by atoms with Gasteiger partial charge in [-0.05, 0) is 89.0 Å². The Kier molecular flexibility index (Phi) is 13.1. The quantitative estimate of drug-likeness (QED) is 0.172. The van der Waals surface area contributed by atoms with E-state index in [-0.39, 0.29) is 53.7 Å². The number of carboxylic acids is 1. The van der Waals surface area contributed by atoms with Crippen molar-refractivity contribution in [2.24, 2.45) is 47.3 Å². The van der Waals surface area contributed by atoms with Gasteiger partial charge in [0.1, 0.15) is 5.78 Å². The number of carbonyl (C=O) groups excluding carboxylic acids is 1. The van der Waals surface area contributed by atoms with Crippen LogP contribution in [0.5, 0.6) is 0 Å². The topological polar surface area (TPSA) is 141 Å². The average Bonchev–Trinajstić information content (AvgIpc) is 3.44. The third kappa shape index (κ3) is 8.08. The number of aliphatic hydroxyl groups excluding tert-OH is 1. The summed E-state index contributed by atoms with van der Waals surface area (Å²) in [5, 5.41) is 32.7. The Hall–Kier alpha value is -1.40. The third-order valence-corrected chi connectivity index (χ3v) is 14.7. The van der Waals surface area contributed by atoms with Crippen LogP contribution in [0.25, 0.3) is 0 Å². The minimum atomic E-state index is -1.07. The lowest BCUT2D eigenvalue weighted by Gasteiger charge is -2.53. The molecule has 0 amide bonds. The average molecular weight is 749 g/mol. The van der Waals surface area contributed by atoms with Gasteiger partial charge in [-0.1, -0.05) is 68.4 Å². The van der Waals surface area contributed by atoms with Crippen molar-refractivity contribution < 1.29 is 48.6 Å². The maximum Gasteiger partial charge on any atom is 0.309 e. The van der Waals surface area contributed by atoms with Gasteiger partial charge in [0, 0.05) is 36.5 Å². The Morgan fingerprint density at radius 2 is 1.49 bits per heavy atom. The maximum absolute atomic E-state index is 14.5. The highest BCUT2D eigenvalue weighted by Gasteiger charge is 2.60. The molecule has 0 aliphatic carbocycles. The summed E-state index contributed by atoms with van der Waals surface area (Å²) in [5.41, 5.74) is -1.40. The summed E-state index contributed by atoms with van der Waals surface area (Å²) < 4.78 is 34.0. The monoisotopic (exact) mass is 749 g/mol. The molecule has 5 rings (SSSR count). The zero-order valence-corrected chi connectivity index (χ0v) is 34.5. The van der Waals surface area contributed by atoms with E-state index in [9.17, 15) is 24.9 Å². The van der Waals surface area contributed by atoms with E-state index in [1.54, 1.807) is 0 Å². The number of ether oxygens (including phenoxy) is 5. The molecule has 4 fully saturated rings. The molecule has 4 saturated heterocycles. The number of rotatable bonds is 12. The predicted molar refractivity (Wildman–Crippen MR) is 202 cm³/mol. The highest BCUT2D eigenvalue weighted by atomic mass is 16.8. The van der Waals surface area contributed by atoms with Crippen LogP contribution < -0.4 is 0 Å². The maximum atomic E-state index is 14.5. The van der Waals surface area contributed by atoms with Gasteiger partial charge in [-0.15, -0.1) is 0 Å². The molecule has 5 aliphatic heterocycles. The molecule has 0 aromatic carbocycles. The van der Waals surface area contributed by atoms with Crippen molar-refractivity contribution in [3.05, 3.63) is 12.2 Å². The fourth-order valence-corrected chi connectivity index (χ4v) is 11.0. The van der Waals surface area contributed by atoms with Gasteiger partial charge in [-0.25, -0.2) is 0 Å². The minimum Gasteiger partial charge on any atom is -0.481 e. The lowest BCUT2D eigenvalue weighted by molar-refractivity contribution is -0.393. The van der Waals surface area contributed by atoms with Crippen molar-refractivity contribution in [2.75, 3.05) is 0 Å². The van der Waals surface area contributed by atoms with Crippen LogP contribution in [0.1, 0.15) is 140 Å². The fourth-order valence-electron chi connectivity index (χ4n) is 11.0. The predicted octanol–water partition coefficient (Wildman–Crippen LogP) is 7.46. The number of Topliss-reactive ketones (excluding diaryl/α,β-unsaturated/α-hetero) is 1. The Morgan fingerprint density at radius 1 is 0.849 bits per heavy atom. The van der Waals surface area contributed by atoms with Crippen LogP contribution >= 0.6 is 0 Å². The number of carbonyl (C=O) groups is 2. The van der Waals surface area contributed by atoms with Gasteiger partial charge >= 0.3 is 5.97 Å². The van der Waals surface area contributed by atoms with Crippen molar-refractivity contribution >= 4 is 11.8 Å². The first-order chi connectivity index (χ1) is 24.8. The number of hydrogen-bond acceptors (Lipinski definition) is 9. The molecule has 0 radical (unpaired) electrons. The van der Waals surface area contributed by atoms with E-state index in [1.165, 1.54) is 0 Å². The van der Waals surface area contributed by atoms with Crippen LogP contribution in [0.15, 0.2) is 12.2 Å². The number of aliphatic carboxylic acids is 1. The first-order valence-corrected chi connectivity index (χ1v) is 21.0. The second-order valence-electron chi connectivity index (χ2n) is 18.4. The van der Waals surface area contributed by atoms with Crippen molar-refractivity contribution in [3.8, 4) is 0 Å². The van der Waals surface area contributed by atoms with Gasteiger partial charge in [-0.3, -0.25) is 9.59 Å². The lowest BCUT2D eigenvalue weighted by Crippen LogP contribution is -2.60. The summed E-state index contributed by atoms with van der Waals surface area (Å²) >= 11 is 0. The standard InChI is InChI=1S/C43H72O10/c1-12-31(35(45)28(8)34(44)29(9)36-24(4)22-25(5)37(50-36)32(13-2)39(46)47)38-26(6)23-27(7)43(51-38)18-15-17-42(53-43)21-20-40(11,52-42)33-16-19-41(48,14-3)30(10)49-33/h15,18,24-34,36-38,44,48H,12-14,16-17,19-23H2,1-11H3,(H,46,47)/t24-,25+,26-,27+,28-,29-,30+,31+,32+,33+,34-,36-,37+,38-,40-,41+,42+,43-/m1/s1. The van der Waals surface area contributed by atoms with Gasteiger partial charge in [0.05, 0.1) is 53.7 Å². The highest BCUT2D eigenvalue weighted by Crippen LogP contribution is 2.54. The minimum absolute atomic E-state index is 0.0109. The summed E-state index contributed by atoms with van der Waals surface area (Å²) in [6.45, 7) is 22.1. The highest BCUT2D eigenvalue weighted by molar-refractivity contribution is 5.84. The van der Waals surface area contributed by atoms with Crippen LogP contribution in [0.3, 0.4) is 0 Å². The van der Waals surface area contributed by atoms with Gasteiger partial charge in [0.25, 0.3) is 0 Å². The SMILES string of the molecule is CC[C@H](C(=O)O)[C@H]1O[C@@H]([C@H](C)[C@H](O)[C@@H](C)C(=O)[C@H](CC)[C@@H]2O[C@@]3(C=CC[C@@]4(CC[C@](C)([C@@H]5CC[C@@](O)(CC)[C@H](C)O5)O4)O3)[C@@H](C)C[C@H]2C)[C@H](C)C[C@@H]1C. The molecule has 10 nitrogen and oxygen atoms in total. The number of hydrogen-bond donors (Lipinski definition) is 3. The first kappa shape index (κ1) is 42.7. The molecule has 304 valence electrons. The van der Waals surface area contributed by atoms with Crippen molar-refractivity contribution in [3.63, 3.8) is 0 Å². The van der Waals surface area contributed by atoms with Crippen molar-refractivity contribution in [1.29, 1.82) is 0 Å². The van der Waals surface area contributed by atoms with Crippen LogP contribution in [0.2, 0.25) is 0 Å². The normalized spacial score (nSPS) is 46.2. The Labute approximate surface area is 319 Å². The summed E-state index contributed by atoms with van der Waals surface area (Å²) in [5.74, 6) is -4.68. The Bertz CT molecular complexity index is 1320. The summed E-state index contributed by atoms with van der Waals surface area (Å²) in [6, 6.07) is 0. The molecule has 0 aromatic rings. The van der Waals surface area contributed by atoms with E-state index < -0.39 is 64.8 Å². The molecule has 53 heavy (non-hydrogen) atoms. The molecule has 10 heteroatoms. The second-order valence-corrected chi connectivity index (χ2v) is 18.4. The first-order valence-electron chi connectivity index (χ1n) is 21.0. The van der Waals surface area contributed by atoms with Crippen LogP contribution in [0.4, 0.5) is 0 Å². The number of aliphatic hydroxyl groups is 2. The number of carboxylic acid groups (broad SMARTS) is 1. The molecule has 5 aliphatic rings. The van der Waals surface area contributed by atoms with Gasteiger partial charge < -0.3 is 39.0 Å². The fraction of sp³-hybridized carbons (Fsp3) is 0.907. The molecular weight excluding hydrogens is 676 g/mol. The molecule has 0 saturated carbocycles. The Balaban J connectivity index is 1.29. The Morgan fingerprint density at radius 3 is 2.09 bits per heavy atom. The van der Waals surface area contributed by atoms with Crippen molar-refractivity contribution in [2.45, 2.75) is 200 Å². The molecule has 2 spiro atoms. The van der Waals surface area contributed by atoms with E-state index in [4.69, 9.17) is 23.7 Å². The summed E-state index contributed by atoms with van der Waals surface area (Å²) in [4.78, 5) is 26.5. The molecule has 0 unspecified atom stereocenters. The number of ketones is 1. The zero-order chi connectivity index (χ0) is 39.3. The second kappa shape index (κ2) is 16.2. The molecule has 5 heterocycles. The van der Waals surface area contributed by atoms with E-state index in [2.05, 4.69) is 33.8 Å². The van der Waals surface area contributed by atoms with Gasteiger partial charge in [0.2, 0.25) is 0 Å². The molecule has 3 N–H and O–H groups in total. The molecule has 0 bridgehead atoms. The van der Waals surface area contributed by atoms with Gasteiger partial charge in [0.15, 0.2) is 11.6 Å². The molecule has 18 atom stereocenters. The third-order valence-electron chi connectivity index (χ3n) is 14.7. The van der Waals surface area contributed by atoms with E-state index in [0.29, 0.717) is 44.9 Å². The van der Waals surface area contributed by atoms with Crippen LogP contribution in [-0.2, 0) is 33.3 Å². The molecule has 0 aromatic heterocycles.